The fraction of sp³-hybridized carbons (Fsp3) is 0. The van der Waals surface area contributed by atoms with Crippen molar-refractivity contribution >= 4 is 22.9 Å². The minimum Gasteiger partial charge on any atom is -0.504 e. The molecule has 0 atom stereocenters. The largest absolute Gasteiger partial charge is 0.504 e. The quantitative estimate of drug-likeness (QED) is 0.731. The second kappa shape index (κ2) is 3.52. The number of halogens is 1. The van der Waals surface area contributed by atoms with Crippen molar-refractivity contribution in [3.63, 3.8) is 0 Å². The van der Waals surface area contributed by atoms with Crippen LogP contribution in [0.5, 0.6) is 11.5 Å². The van der Waals surface area contributed by atoms with Gasteiger partial charge in [0.25, 0.3) is 0 Å². The second-order valence-corrected chi connectivity index (χ2v) is 4.12. The summed E-state index contributed by atoms with van der Waals surface area (Å²) < 4.78 is 0. The maximum Gasteiger partial charge on any atom is 0.158 e. The van der Waals surface area contributed by atoms with Gasteiger partial charge in [-0.15, -0.1) is 11.3 Å². The maximum atomic E-state index is 9.30. The van der Waals surface area contributed by atoms with E-state index in [1.807, 2.05) is 5.38 Å². The fourth-order valence-corrected chi connectivity index (χ4v) is 2.33. The highest BCUT2D eigenvalue weighted by Crippen LogP contribution is 2.37. The zero-order chi connectivity index (χ0) is 10.1. The summed E-state index contributed by atoms with van der Waals surface area (Å²) in [7, 11) is 0. The lowest BCUT2D eigenvalue weighted by Crippen LogP contribution is -1.74. The fourth-order valence-electron chi connectivity index (χ4n) is 1.16. The van der Waals surface area contributed by atoms with Crippen LogP contribution in [0.25, 0.3) is 10.4 Å². The lowest BCUT2D eigenvalue weighted by molar-refractivity contribution is 0.404. The summed E-state index contributed by atoms with van der Waals surface area (Å²) in [6.07, 6.45) is 0. The van der Waals surface area contributed by atoms with Crippen molar-refractivity contribution in [1.82, 2.24) is 0 Å². The van der Waals surface area contributed by atoms with Gasteiger partial charge in [-0.05, 0) is 35.2 Å². The molecule has 2 rings (SSSR count). The SMILES string of the molecule is Oc1ccc(-c2sccc2Cl)cc1O. The Morgan fingerprint density at radius 3 is 2.43 bits per heavy atom. The molecule has 0 aliphatic heterocycles. The third-order valence-corrected chi connectivity index (χ3v) is 3.25. The summed E-state index contributed by atoms with van der Waals surface area (Å²) in [5, 5.41) is 21.0. The van der Waals surface area contributed by atoms with Gasteiger partial charge in [0, 0.05) is 0 Å². The zero-order valence-corrected chi connectivity index (χ0v) is 8.64. The van der Waals surface area contributed by atoms with Crippen molar-refractivity contribution < 1.29 is 10.2 Å². The molecule has 0 amide bonds. The molecule has 0 unspecified atom stereocenters. The Morgan fingerprint density at radius 2 is 1.86 bits per heavy atom. The first-order valence-corrected chi connectivity index (χ1v) is 5.19. The van der Waals surface area contributed by atoms with E-state index in [-0.39, 0.29) is 11.5 Å². The van der Waals surface area contributed by atoms with Crippen LogP contribution in [0.15, 0.2) is 29.6 Å². The van der Waals surface area contributed by atoms with Crippen LogP contribution in [-0.2, 0) is 0 Å². The smallest absolute Gasteiger partial charge is 0.158 e. The Kier molecular flexibility index (Phi) is 2.35. The maximum absolute atomic E-state index is 9.30. The average molecular weight is 227 g/mol. The molecule has 0 aliphatic rings. The highest BCUT2D eigenvalue weighted by Gasteiger charge is 2.07. The monoisotopic (exact) mass is 226 g/mol. The predicted octanol–water partition coefficient (Wildman–Crippen LogP) is 3.48. The molecule has 0 saturated heterocycles. The summed E-state index contributed by atoms with van der Waals surface area (Å²) in [5.74, 6) is -0.256. The van der Waals surface area contributed by atoms with E-state index >= 15 is 0 Å². The molecule has 2 N–H and O–H groups in total. The molecular formula is C10H7ClO2S. The van der Waals surface area contributed by atoms with E-state index in [0.29, 0.717) is 5.02 Å². The molecule has 1 aromatic carbocycles. The van der Waals surface area contributed by atoms with Gasteiger partial charge >= 0.3 is 0 Å². The van der Waals surface area contributed by atoms with E-state index in [1.54, 1.807) is 12.1 Å². The van der Waals surface area contributed by atoms with Crippen molar-refractivity contribution in [2.24, 2.45) is 0 Å². The molecular weight excluding hydrogens is 220 g/mol. The van der Waals surface area contributed by atoms with Crippen LogP contribution in [0, 0.1) is 0 Å². The number of aromatic hydroxyl groups is 2. The third-order valence-electron chi connectivity index (χ3n) is 1.85. The van der Waals surface area contributed by atoms with Crippen LogP contribution in [-0.4, -0.2) is 10.2 Å². The second-order valence-electron chi connectivity index (χ2n) is 2.80. The van der Waals surface area contributed by atoms with E-state index < -0.39 is 0 Å². The van der Waals surface area contributed by atoms with Crippen molar-refractivity contribution in [2.45, 2.75) is 0 Å². The molecule has 0 fully saturated rings. The highest BCUT2D eigenvalue weighted by molar-refractivity contribution is 7.14. The molecule has 0 spiro atoms. The van der Waals surface area contributed by atoms with Gasteiger partial charge in [0.05, 0.1) is 9.90 Å². The normalized spacial score (nSPS) is 10.4. The average Bonchev–Trinajstić information content (AvgIpc) is 2.57. The van der Waals surface area contributed by atoms with Crippen LogP contribution in [0.1, 0.15) is 0 Å². The molecule has 2 nitrogen and oxygen atoms in total. The molecule has 4 heteroatoms. The van der Waals surface area contributed by atoms with Crippen LogP contribution in [0.3, 0.4) is 0 Å². The Hall–Kier alpha value is -1.19. The minimum absolute atomic E-state index is 0.124. The number of rotatable bonds is 1. The Labute approximate surface area is 90.0 Å². The van der Waals surface area contributed by atoms with Gasteiger partial charge in [-0.3, -0.25) is 0 Å². The van der Waals surface area contributed by atoms with Gasteiger partial charge in [0.15, 0.2) is 11.5 Å². The molecule has 1 aromatic heterocycles. The summed E-state index contributed by atoms with van der Waals surface area (Å²) >= 11 is 7.43. The van der Waals surface area contributed by atoms with Crippen LogP contribution >= 0.6 is 22.9 Å². The Balaban J connectivity index is 2.53. The van der Waals surface area contributed by atoms with Crippen molar-refractivity contribution in [3.8, 4) is 21.9 Å². The first-order valence-electron chi connectivity index (χ1n) is 3.94. The van der Waals surface area contributed by atoms with E-state index in [9.17, 15) is 5.11 Å². The van der Waals surface area contributed by atoms with Crippen LogP contribution < -0.4 is 0 Å². The summed E-state index contributed by atoms with van der Waals surface area (Å²) in [4.78, 5) is 0.891. The van der Waals surface area contributed by atoms with Gasteiger partial charge in [0.2, 0.25) is 0 Å². The van der Waals surface area contributed by atoms with Crippen molar-refractivity contribution in [3.05, 3.63) is 34.7 Å². The first-order chi connectivity index (χ1) is 6.68. The number of hydrogen-bond donors (Lipinski definition) is 2. The van der Waals surface area contributed by atoms with E-state index in [0.717, 1.165) is 10.4 Å². The Morgan fingerprint density at radius 1 is 1.07 bits per heavy atom. The summed E-state index contributed by atoms with van der Waals surface area (Å²) in [5.41, 5.74) is 0.806. The van der Waals surface area contributed by atoms with E-state index in [4.69, 9.17) is 16.7 Å². The number of thiophene rings is 1. The van der Waals surface area contributed by atoms with Gasteiger partial charge in [-0.1, -0.05) is 11.6 Å². The van der Waals surface area contributed by atoms with Crippen molar-refractivity contribution in [2.75, 3.05) is 0 Å². The first kappa shape index (κ1) is 9.37. The van der Waals surface area contributed by atoms with Gasteiger partial charge in [0.1, 0.15) is 0 Å². The molecule has 0 bridgehead atoms. The van der Waals surface area contributed by atoms with Crippen LogP contribution in [0.2, 0.25) is 5.02 Å². The zero-order valence-electron chi connectivity index (χ0n) is 7.07. The van der Waals surface area contributed by atoms with Crippen LogP contribution in [0.4, 0.5) is 0 Å². The summed E-state index contributed by atoms with van der Waals surface area (Å²) in [6.45, 7) is 0. The van der Waals surface area contributed by atoms with Crippen molar-refractivity contribution in [1.29, 1.82) is 0 Å². The minimum atomic E-state index is -0.132. The predicted molar refractivity (Wildman–Crippen MR) is 58.1 cm³/mol. The van der Waals surface area contributed by atoms with Gasteiger partial charge in [-0.25, -0.2) is 0 Å². The molecule has 72 valence electrons. The summed E-state index contributed by atoms with van der Waals surface area (Å²) in [6, 6.07) is 6.45. The molecule has 0 radical (unpaired) electrons. The number of hydrogen-bond acceptors (Lipinski definition) is 3. The van der Waals surface area contributed by atoms with E-state index in [2.05, 4.69) is 0 Å². The third kappa shape index (κ3) is 1.56. The Bertz CT molecular complexity index is 465. The molecule has 0 saturated carbocycles. The lowest BCUT2D eigenvalue weighted by atomic mass is 10.1. The van der Waals surface area contributed by atoms with E-state index in [1.165, 1.54) is 23.5 Å². The lowest BCUT2D eigenvalue weighted by Gasteiger charge is -2.01. The standard InChI is InChI=1S/C10H7ClO2S/c11-7-3-4-14-10(7)6-1-2-8(12)9(13)5-6/h1-5,12-13H. The van der Waals surface area contributed by atoms with Gasteiger partial charge < -0.3 is 10.2 Å². The highest BCUT2D eigenvalue weighted by atomic mass is 35.5. The number of phenolic OH excluding ortho intramolecular Hbond substituents is 2. The molecule has 1 heterocycles. The topological polar surface area (TPSA) is 40.5 Å². The van der Waals surface area contributed by atoms with Gasteiger partial charge in [-0.2, -0.15) is 0 Å². The number of phenols is 2. The molecule has 0 aliphatic carbocycles. The molecule has 14 heavy (non-hydrogen) atoms. The number of benzene rings is 1. The molecule has 2 aromatic rings.